The number of rotatable bonds is 7. The van der Waals surface area contributed by atoms with Gasteiger partial charge in [-0.15, -0.1) is 13.2 Å². The highest BCUT2D eigenvalue weighted by atomic mass is 19.4. The summed E-state index contributed by atoms with van der Waals surface area (Å²) >= 11 is 0. The van der Waals surface area contributed by atoms with Gasteiger partial charge in [-0.05, 0) is 55.3 Å². The second-order valence-electron chi connectivity index (χ2n) is 8.69. The summed E-state index contributed by atoms with van der Waals surface area (Å²) in [6, 6.07) is 15.7. The SMILES string of the molecule is CC(C)(O)Cc1cccc(Cn2cc(-c3nc(-c4ccc(OC(F)(F)F)cc4)no3)ccc2=O)c1. The smallest absolute Gasteiger partial charge is 0.406 e. The normalized spacial score (nSPS) is 12.1. The first-order chi connectivity index (χ1) is 16.4. The Morgan fingerprint density at radius 1 is 1.00 bits per heavy atom. The lowest BCUT2D eigenvalue weighted by Gasteiger charge is -2.17. The predicted molar refractivity (Wildman–Crippen MR) is 122 cm³/mol. The molecule has 0 aliphatic heterocycles. The van der Waals surface area contributed by atoms with Crippen molar-refractivity contribution in [3.63, 3.8) is 0 Å². The Balaban J connectivity index is 1.54. The zero-order chi connectivity index (χ0) is 25.2. The molecule has 0 spiro atoms. The summed E-state index contributed by atoms with van der Waals surface area (Å²) in [5, 5.41) is 14.0. The minimum Gasteiger partial charge on any atom is -0.406 e. The molecule has 0 saturated carbocycles. The molecule has 7 nitrogen and oxygen atoms in total. The maximum Gasteiger partial charge on any atom is 0.573 e. The molecule has 10 heteroatoms. The number of ether oxygens (including phenoxy) is 1. The third kappa shape index (κ3) is 6.57. The van der Waals surface area contributed by atoms with Gasteiger partial charge in [0.05, 0.1) is 17.7 Å². The van der Waals surface area contributed by atoms with Crippen LogP contribution in [0, 0.1) is 0 Å². The van der Waals surface area contributed by atoms with Gasteiger partial charge in [0.2, 0.25) is 5.82 Å². The van der Waals surface area contributed by atoms with E-state index in [-0.39, 0.29) is 23.0 Å². The summed E-state index contributed by atoms with van der Waals surface area (Å²) < 4.78 is 47.7. The molecular formula is C25H22F3N3O4. The highest BCUT2D eigenvalue weighted by molar-refractivity contribution is 5.60. The van der Waals surface area contributed by atoms with E-state index < -0.39 is 12.0 Å². The number of aromatic nitrogens is 3. The number of pyridine rings is 1. The summed E-state index contributed by atoms with van der Waals surface area (Å²) in [6.07, 6.45) is -2.70. The van der Waals surface area contributed by atoms with Crippen LogP contribution >= 0.6 is 0 Å². The number of hydrogen-bond donors (Lipinski definition) is 1. The average molecular weight is 485 g/mol. The molecule has 2 aromatic heterocycles. The Labute approximate surface area is 198 Å². The molecule has 0 atom stereocenters. The van der Waals surface area contributed by atoms with Crippen LogP contribution in [0.1, 0.15) is 25.0 Å². The fraction of sp³-hybridized carbons (Fsp3) is 0.240. The van der Waals surface area contributed by atoms with Gasteiger partial charge in [-0.2, -0.15) is 4.98 Å². The third-order valence-electron chi connectivity index (χ3n) is 4.98. The molecule has 0 radical (unpaired) electrons. The molecule has 0 fully saturated rings. The van der Waals surface area contributed by atoms with Crippen molar-refractivity contribution in [3.05, 3.63) is 88.3 Å². The van der Waals surface area contributed by atoms with Crippen molar-refractivity contribution in [1.29, 1.82) is 0 Å². The lowest BCUT2D eigenvalue weighted by molar-refractivity contribution is -0.274. The molecule has 182 valence electrons. The van der Waals surface area contributed by atoms with Crippen LogP contribution in [0.25, 0.3) is 22.8 Å². The standard InChI is InChI=1S/C25H22F3N3O4/c1-24(2,33)13-16-4-3-5-17(12-16)14-31-15-19(8-11-21(31)32)23-29-22(30-35-23)18-6-9-20(10-7-18)34-25(26,27)28/h3-12,15,33H,13-14H2,1-2H3. The first-order valence-corrected chi connectivity index (χ1v) is 10.7. The third-order valence-corrected chi connectivity index (χ3v) is 4.98. The number of alkyl halides is 3. The molecule has 4 rings (SSSR count). The van der Waals surface area contributed by atoms with E-state index in [1.165, 1.54) is 22.8 Å². The zero-order valence-electron chi connectivity index (χ0n) is 18.9. The number of nitrogens with zero attached hydrogens (tertiary/aromatic N) is 3. The van der Waals surface area contributed by atoms with E-state index in [9.17, 15) is 23.1 Å². The number of aliphatic hydroxyl groups is 1. The molecule has 35 heavy (non-hydrogen) atoms. The molecule has 4 aromatic rings. The van der Waals surface area contributed by atoms with Crippen molar-refractivity contribution in [2.75, 3.05) is 0 Å². The minimum atomic E-state index is -4.78. The van der Waals surface area contributed by atoms with E-state index in [4.69, 9.17) is 4.52 Å². The Morgan fingerprint density at radius 3 is 2.37 bits per heavy atom. The van der Waals surface area contributed by atoms with Gasteiger partial charge in [-0.1, -0.05) is 29.4 Å². The Morgan fingerprint density at radius 2 is 1.69 bits per heavy atom. The Hall–Kier alpha value is -3.92. The van der Waals surface area contributed by atoms with Crippen LogP contribution in [0.15, 0.2) is 76.2 Å². The molecule has 0 bridgehead atoms. The van der Waals surface area contributed by atoms with Gasteiger partial charge in [0.1, 0.15) is 5.75 Å². The summed E-state index contributed by atoms with van der Waals surface area (Å²) in [7, 11) is 0. The zero-order valence-corrected chi connectivity index (χ0v) is 18.9. The molecule has 2 aromatic carbocycles. The Kier molecular flexibility index (Phi) is 6.49. The van der Waals surface area contributed by atoms with Crippen LogP contribution in [-0.2, 0) is 13.0 Å². The lowest BCUT2D eigenvalue weighted by Crippen LogP contribution is -2.22. The average Bonchev–Trinajstić information content (AvgIpc) is 3.24. The summed E-state index contributed by atoms with van der Waals surface area (Å²) in [4.78, 5) is 16.7. The van der Waals surface area contributed by atoms with Gasteiger partial charge in [0.25, 0.3) is 11.4 Å². The van der Waals surface area contributed by atoms with Crippen molar-refractivity contribution in [3.8, 4) is 28.6 Å². The van der Waals surface area contributed by atoms with Crippen LogP contribution in [0.5, 0.6) is 5.75 Å². The maximum atomic E-state index is 12.4. The number of hydrogen-bond acceptors (Lipinski definition) is 6. The van der Waals surface area contributed by atoms with Gasteiger partial charge in [-0.25, -0.2) is 0 Å². The van der Waals surface area contributed by atoms with Crippen LogP contribution in [0.3, 0.4) is 0 Å². The van der Waals surface area contributed by atoms with Crippen molar-refractivity contribution in [1.82, 2.24) is 14.7 Å². The van der Waals surface area contributed by atoms with E-state index >= 15 is 0 Å². The predicted octanol–water partition coefficient (Wildman–Crippen LogP) is 4.83. The minimum absolute atomic E-state index is 0.153. The monoisotopic (exact) mass is 485 g/mol. The highest BCUT2D eigenvalue weighted by Gasteiger charge is 2.31. The van der Waals surface area contributed by atoms with Crippen LogP contribution in [0.4, 0.5) is 13.2 Å². The van der Waals surface area contributed by atoms with Gasteiger partial charge in [-0.3, -0.25) is 4.79 Å². The van der Waals surface area contributed by atoms with Crippen LogP contribution < -0.4 is 10.3 Å². The van der Waals surface area contributed by atoms with Crippen molar-refractivity contribution in [2.24, 2.45) is 0 Å². The van der Waals surface area contributed by atoms with Gasteiger partial charge in [0, 0.05) is 24.2 Å². The number of benzene rings is 2. The van der Waals surface area contributed by atoms with Crippen LogP contribution in [0.2, 0.25) is 0 Å². The second kappa shape index (κ2) is 9.38. The van der Waals surface area contributed by atoms with Crippen molar-refractivity contribution in [2.45, 2.75) is 38.8 Å². The quantitative estimate of drug-likeness (QED) is 0.404. The van der Waals surface area contributed by atoms with Crippen molar-refractivity contribution < 1.29 is 27.5 Å². The second-order valence-corrected chi connectivity index (χ2v) is 8.69. The summed E-state index contributed by atoms with van der Waals surface area (Å²) in [5.74, 6) is -0.0283. The number of halogens is 3. The highest BCUT2D eigenvalue weighted by Crippen LogP contribution is 2.27. The van der Waals surface area contributed by atoms with Gasteiger partial charge < -0.3 is 18.9 Å². The van der Waals surface area contributed by atoms with E-state index in [1.807, 2.05) is 24.3 Å². The van der Waals surface area contributed by atoms with Crippen LogP contribution in [-0.4, -0.2) is 31.8 Å². The van der Waals surface area contributed by atoms with Gasteiger partial charge >= 0.3 is 6.36 Å². The first-order valence-electron chi connectivity index (χ1n) is 10.7. The van der Waals surface area contributed by atoms with E-state index in [2.05, 4.69) is 14.9 Å². The van der Waals surface area contributed by atoms with E-state index in [0.29, 0.717) is 24.1 Å². The summed E-state index contributed by atoms with van der Waals surface area (Å²) in [5.41, 5.74) is 1.71. The van der Waals surface area contributed by atoms with E-state index in [0.717, 1.165) is 23.3 Å². The largest absolute Gasteiger partial charge is 0.573 e. The molecule has 0 amide bonds. The molecule has 0 saturated heterocycles. The molecule has 0 unspecified atom stereocenters. The first kappa shape index (κ1) is 24.2. The van der Waals surface area contributed by atoms with E-state index in [1.54, 1.807) is 26.1 Å². The Bertz CT molecular complexity index is 1370. The fourth-order valence-electron chi connectivity index (χ4n) is 3.58. The molecule has 0 aliphatic rings. The molecule has 0 aliphatic carbocycles. The van der Waals surface area contributed by atoms with Gasteiger partial charge in [0.15, 0.2) is 0 Å². The molecule has 2 heterocycles. The molecule has 1 N–H and O–H groups in total. The summed E-state index contributed by atoms with van der Waals surface area (Å²) in [6.45, 7) is 3.77. The van der Waals surface area contributed by atoms with Crippen molar-refractivity contribution >= 4 is 0 Å². The topological polar surface area (TPSA) is 90.4 Å². The molecular weight excluding hydrogens is 463 g/mol. The fourth-order valence-corrected chi connectivity index (χ4v) is 3.58. The maximum absolute atomic E-state index is 12.4. The lowest BCUT2D eigenvalue weighted by atomic mass is 9.97.